The van der Waals surface area contributed by atoms with Gasteiger partial charge in [-0.15, -0.1) is 0 Å². The lowest BCUT2D eigenvalue weighted by molar-refractivity contribution is -0.122. The Morgan fingerprint density at radius 1 is 0.966 bits per heavy atom. The number of carbonyl (C=O) groups is 1. The van der Waals surface area contributed by atoms with Gasteiger partial charge in [0.1, 0.15) is 11.5 Å². The van der Waals surface area contributed by atoms with E-state index in [-0.39, 0.29) is 17.7 Å². The maximum Gasteiger partial charge on any atom is 0.243 e. The van der Waals surface area contributed by atoms with Crippen LogP contribution in [0, 0.1) is 5.92 Å². The van der Waals surface area contributed by atoms with Gasteiger partial charge in [-0.05, 0) is 47.7 Å². The minimum atomic E-state index is -0.0571. The van der Waals surface area contributed by atoms with E-state index in [1.54, 1.807) is 24.4 Å². The first-order valence-electron chi connectivity index (χ1n) is 9.21. The van der Waals surface area contributed by atoms with Crippen molar-refractivity contribution in [2.24, 2.45) is 11.0 Å². The SMILES string of the molecule is O=C(N/N=C/c1cccc(Oc2ccc(Cl)c(Cl)c2)c1)C1CC1c1ccccc1. The highest BCUT2D eigenvalue weighted by Gasteiger charge is 2.43. The topological polar surface area (TPSA) is 50.7 Å². The second kappa shape index (κ2) is 8.68. The lowest BCUT2D eigenvalue weighted by Crippen LogP contribution is -2.20. The fraction of sp³-hybridized carbons (Fsp3) is 0.130. The van der Waals surface area contributed by atoms with Crippen LogP contribution in [0.5, 0.6) is 11.5 Å². The number of ether oxygens (including phenoxy) is 1. The molecule has 2 unspecified atom stereocenters. The fourth-order valence-corrected chi connectivity index (χ4v) is 3.43. The van der Waals surface area contributed by atoms with E-state index in [1.165, 1.54) is 5.56 Å². The van der Waals surface area contributed by atoms with E-state index in [2.05, 4.69) is 22.7 Å². The zero-order valence-electron chi connectivity index (χ0n) is 15.4. The van der Waals surface area contributed by atoms with Gasteiger partial charge >= 0.3 is 0 Å². The van der Waals surface area contributed by atoms with Crippen LogP contribution < -0.4 is 10.2 Å². The Balaban J connectivity index is 1.34. The van der Waals surface area contributed by atoms with Crippen molar-refractivity contribution in [3.8, 4) is 11.5 Å². The third-order valence-corrected chi connectivity index (χ3v) is 5.47. The molecule has 0 heterocycles. The first kappa shape index (κ1) is 19.5. The van der Waals surface area contributed by atoms with Crippen molar-refractivity contribution in [1.29, 1.82) is 0 Å². The van der Waals surface area contributed by atoms with Crippen LogP contribution in [0.25, 0.3) is 0 Å². The summed E-state index contributed by atoms with van der Waals surface area (Å²) in [6.07, 6.45) is 2.46. The van der Waals surface area contributed by atoms with Crippen LogP contribution in [-0.2, 0) is 4.79 Å². The molecule has 6 heteroatoms. The molecule has 0 saturated heterocycles. The summed E-state index contributed by atoms with van der Waals surface area (Å²) in [6.45, 7) is 0. The molecule has 1 aliphatic carbocycles. The van der Waals surface area contributed by atoms with E-state index in [1.807, 2.05) is 42.5 Å². The van der Waals surface area contributed by atoms with Crippen LogP contribution in [0.3, 0.4) is 0 Å². The Bertz CT molecular complexity index is 1050. The average molecular weight is 425 g/mol. The lowest BCUT2D eigenvalue weighted by atomic mass is 10.1. The molecule has 1 amide bonds. The largest absolute Gasteiger partial charge is 0.457 e. The Morgan fingerprint density at radius 2 is 1.76 bits per heavy atom. The van der Waals surface area contributed by atoms with E-state index >= 15 is 0 Å². The van der Waals surface area contributed by atoms with Crippen LogP contribution in [0.2, 0.25) is 10.0 Å². The molecule has 0 bridgehead atoms. The number of rotatable bonds is 6. The maximum absolute atomic E-state index is 12.3. The number of halogens is 2. The predicted octanol–water partition coefficient (Wildman–Crippen LogP) is 6.04. The standard InChI is InChI=1S/C23H18Cl2N2O2/c24-21-10-9-18(12-22(21)25)29-17-8-4-5-15(11-17)14-26-27-23(28)20-13-19(20)16-6-2-1-3-7-16/h1-12,14,19-20H,13H2,(H,27,28)/b26-14+. The highest BCUT2D eigenvalue weighted by atomic mass is 35.5. The number of carbonyl (C=O) groups excluding carboxylic acids is 1. The van der Waals surface area contributed by atoms with Crippen molar-refractivity contribution in [3.05, 3.63) is 94.0 Å². The molecule has 0 aromatic heterocycles. The first-order chi connectivity index (χ1) is 14.1. The summed E-state index contributed by atoms with van der Waals surface area (Å²) in [5.74, 6) is 1.43. The molecule has 1 aliphatic rings. The van der Waals surface area contributed by atoms with E-state index in [0.29, 0.717) is 21.5 Å². The zero-order chi connectivity index (χ0) is 20.2. The van der Waals surface area contributed by atoms with Crippen molar-refractivity contribution in [1.82, 2.24) is 5.43 Å². The van der Waals surface area contributed by atoms with Gasteiger partial charge < -0.3 is 4.74 Å². The highest BCUT2D eigenvalue weighted by Crippen LogP contribution is 2.47. The third-order valence-electron chi connectivity index (χ3n) is 4.73. The maximum atomic E-state index is 12.3. The minimum absolute atomic E-state index is 0.0149. The molecule has 0 aliphatic heterocycles. The highest BCUT2D eigenvalue weighted by molar-refractivity contribution is 6.42. The van der Waals surface area contributed by atoms with Crippen molar-refractivity contribution < 1.29 is 9.53 Å². The molecule has 4 rings (SSSR count). The molecule has 3 aromatic carbocycles. The number of hydrogen-bond donors (Lipinski definition) is 1. The summed E-state index contributed by atoms with van der Waals surface area (Å²) in [6, 6.07) is 22.5. The molecule has 1 saturated carbocycles. The molecule has 2 atom stereocenters. The summed E-state index contributed by atoms with van der Waals surface area (Å²) < 4.78 is 5.80. The van der Waals surface area contributed by atoms with Gasteiger partial charge in [0, 0.05) is 12.0 Å². The van der Waals surface area contributed by atoms with Crippen LogP contribution >= 0.6 is 23.2 Å². The Labute approximate surface area is 179 Å². The molecule has 29 heavy (non-hydrogen) atoms. The summed E-state index contributed by atoms with van der Waals surface area (Å²) in [5, 5.41) is 4.99. The van der Waals surface area contributed by atoms with Crippen molar-refractivity contribution in [3.63, 3.8) is 0 Å². The van der Waals surface area contributed by atoms with Gasteiger partial charge in [0.2, 0.25) is 5.91 Å². The molecule has 4 nitrogen and oxygen atoms in total. The molecule has 1 fully saturated rings. The minimum Gasteiger partial charge on any atom is -0.457 e. The van der Waals surface area contributed by atoms with Gasteiger partial charge in [-0.25, -0.2) is 5.43 Å². The average Bonchev–Trinajstić information content (AvgIpc) is 3.53. The number of amides is 1. The second-order valence-electron chi connectivity index (χ2n) is 6.84. The number of nitrogens with one attached hydrogen (secondary N) is 1. The Kier molecular flexibility index (Phi) is 5.84. The molecule has 3 aromatic rings. The second-order valence-corrected chi connectivity index (χ2v) is 7.66. The van der Waals surface area contributed by atoms with Crippen LogP contribution in [0.1, 0.15) is 23.5 Å². The van der Waals surface area contributed by atoms with Crippen LogP contribution in [0.15, 0.2) is 77.9 Å². The summed E-state index contributed by atoms with van der Waals surface area (Å²) in [7, 11) is 0. The number of benzene rings is 3. The molecule has 1 N–H and O–H groups in total. The van der Waals surface area contributed by atoms with Gasteiger partial charge in [-0.1, -0.05) is 65.7 Å². The molecule has 0 spiro atoms. The van der Waals surface area contributed by atoms with E-state index in [4.69, 9.17) is 27.9 Å². The summed E-state index contributed by atoms with van der Waals surface area (Å²) in [5.41, 5.74) is 4.64. The van der Waals surface area contributed by atoms with E-state index in [0.717, 1.165) is 12.0 Å². The quantitative estimate of drug-likeness (QED) is 0.387. The summed E-state index contributed by atoms with van der Waals surface area (Å²) in [4.78, 5) is 12.3. The molecule has 0 radical (unpaired) electrons. The van der Waals surface area contributed by atoms with Gasteiger partial charge in [0.25, 0.3) is 0 Å². The number of hydrogen-bond acceptors (Lipinski definition) is 3. The number of nitrogens with zero attached hydrogens (tertiary/aromatic N) is 1. The molecule has 146 valence electrons. The molecular weight excluding hydrogens is 407 g/mol. The summed E-state index contributed by atoms with van der Waals surface area (Å²) >= 11 is 11.9. The fourth-order valence-electron chi connectivity index (χ4n) is 3.14. The van der Waals surface area contributed by atoms with E-state index < -0.39 is 0 Å². The zero-order valence-corrected chi connectivity index (χ0v) is 16.9. The van der Waals surface area contributed by atoms with Gasteiger partial charge in [-0.2, -0.15) is 5.10 Å². The first-order valence-corrected chi connectivity index (χ1v) is 9.96. The Hall–Kier alpha value is -2.82. The van der Waals surface area contributed by atoms with Gasteiger partial charge in [0.05, 0.1) is 16.3 Å². The van der Waals surface area contributed by atoms with Crippen molar-refractivity contribution >= 4 is 35.3 Å². The van der Waals surface area contributed by atoms with Crippen LogP contribution in [-0.4, -0.2) is 12.1 Å². The smallest absolute Gasteiger partial charge is 0.243 e. The van der Waals surface area contributed by atoms with Crippen molar-refractivity contribution in [2.75, 3.05) is 0 Å². The third kappa shape index (κ3) is 4.97. The van der Waals surface area contributed by atoms with Gasteiger partial charge in [-0.3, -0.25) is 4.79 Å². The predicted molar refractivity (Wildman–Crippen MR) is 116 cm³/mol. The lowest BCUT2D eigenvalue weighted by Gasteiger charge is -2.07. The van der Waals surface area contributed by atoms with Gasteiger partial charge in [0.15, 0.2) is 0 Å². The monoisotopic (exact) mass is 424 g/mol. The van der Waals surface area contributed by atoms with E-state index in [9.17, 15) is 4.79 Å². The molecular formula is C23H18Cl2N2O2. The van der Waals surface area contributed by atoms with Crippen molar-refractivity contribution in [2.45, 2.75) is 12.3 Å². The Morgan fingerprint density at radius 3 is 2.55 bits per heavy atom. The van der Waals surface area contributed by atoms with Crippen LogP contribution in [0.4, 0.5) is 0 Å². The number of hydrazone groups is 1. The normalized spacial score (nSPS) is 17.9.